The van der Waals surface area contributed by atoms with Crippen molar-refractivity contribution >= 4 is 17.2 Å². The average molecular weight is 264 g/mol. The van der Waals surface area contributed by atoms with Crippen LogP contribution in [0.25, 0.3) is 5.65 Å². The van der Waals surface area contributed by atoms with Crippen molar-refractivity contribution in [2.45, 2.75) is 38.1 Å². The second kappa shape index (κ2) is 4.90. The lowest BCUT2D eigenvalue weighted by Gasteiger charge is -2.36. The quantitative estimate of drug-likeness (QED) is 0.918. The van der Waals surface area contributed by atoms with Crippen molar-refractivity contribution in [1.29, 1.82) is 0 Å². The van der Waals surface area contributed by atoms with E-state index in [0.717, 1.165) is 12.2 Å². The van der Waals surface area contributed by atoms with Crippen molar-refractivity contribution in [1.82, 2.24) is 14.7 Å². The number of imidazole rings is 1. The summed E-state index contributed by atoms with van der Waals surface area (Å²) < 4.78 is 2.13. The maximum Gasteiger partial charge on any atom is 0.151 e. The Kier molecular flexibility index (Phi) is 3.27. The summed E-state index contributed by atoms with van der Waals surface area (Å²) in [6.07, 6.45) is 5.58. The van der Waals surface area contributed by atoms with Crippen LogP contribution in [0.4, 0.5) is 0 Å². The second-order valence-corrected chi connectivity index (χ2v) is 5.39. The van der Waals surface area contributed by atoms with Crippen molar-refractivity contribution in [3.63, 3.8) is 0 Å². The van der Waals surface area contributed by atoms with Crippen molar-refractivity contribution in [2.24, 2.45) is 0 Å². The summed E-state index contributed by atoms with van der Waals surface area (Å²) in [6, 6.07) is 6.68. The molecule has 2 aromatic heterocycles. The Hall–Kier alpha value is -1.06. The lowest BCUT2D eigenvalue weighted by Crippen LogP contribution is -2.40. The number of nitrogens with zero attached hydrogens (tertiary/aromatic N) is 2. The van der Waals surface area contributed by atoms with Crippen LogP contribution in [0.2, 0.25) is 5.15 Å². The van der Waals surface area contributed by atoms with Gasteiger partial charge in [0.15, 0.2) is 5.15 Å². The minimum Gasteiger partial charge on any atom is -0.314 e. The van der Waals surface area contributed by atoms with Gasteiger partial charge in [0, 0.05) is 18.2 Å². The minimum absolute atomic E-state index is 0.546. The van der Waals surface area contributed by atoms with Gasteiger partial charge in [-0.15, -0.1) is 0 Å². The molecule has 0 amide bonds. The number of rotatable bonds is 4. The van der Waals surface area contributed by atoms with E-state index < -0.39 is 0 Å². The fourth-order valence-corrected chi connectivity index (χ4v) is 3.04. The topological polar surface area (TPSA) is 29.3 Å². The Labute approximate surface area is 112 Å². The van der Waals surface area contributed by atoms with Crippen LogP contribution in [0.1, 0.15) is 37.8 Å². The van der Waals surface area contributed by atoms with Gasteiger partial charge in [0.1, 0.15) is 5.65 Å². The summed E-state index contributed by atoms with van der Waals surface area (Å²) >= 11 is 6.27. The molecule has 18 heavy (non-hydrogen) atoms. The third-order valence-electron chi connectivity index (χ3n) is 3.73. The number of hydrogen-bond donors (Lipinski definition) is 1. The monoisotopic (exact) mass is 263 g/mol. The van der Waals surface area contributed by atoms with Gasteiger partial charge in [0.25, 0.3) is 0 Å². The van der Waals surface area contributed by atoms with E-state index >= 15 is 0 Å². The van der Waals surface area contributed by atoms with E-state index in [0.29, 0.717) is 17.1 Å². The molecule has 1 saturated carbocycles. The Morgan fingerprint density at radius 3 is 3.06 bits per heavy atom. The molecule has 0 bridgehead atoms. The molecule has 2 aromatic rings. The van der Waals surface area contributed by atoms with Gasteiger partial charge in [-0.2, -0.15) is 0 Å². The highest BCUT2D eigenvalue weighted by molar-refractivity contribution is 6.30. The zero-order chi connectivity index (χ0) is 12.5. The SMILES string of the molecule is CCCNC1CC(c2c(Cl)nc3ccccn23)C1. The van der Waals surface area contributed by atoms with Gasteiger partial charge in [-0.3, -0.25) is 0 Å². The maximum absolute atomic E-state index is 6.27. The van der Waals surface area contributed by atoms with E-state index in [-0.39, 0.29) is 0 Å². The van der Waals surface area contributed by atoms with Crippen LogP contribution >= 0.6 is 11.6 Å². The highest BCUT2D eigenvalue weighted by atomic mass is 35.5. The molecule has 1 fully saturated rings. The predicted molar refractivity (Wildman–Crippen MR) is 74.3 cm³/mol. The summed E-state index contributed by atoms with van der Waals surface area (Å²) in [7, 11) is 0. The van der Waals surface area contributed by atoms with E-state index in [1.807, 2.05) is 18.2 Å². The number of halogens is 1. The lowest BCUT2D eigenvalue weighted by molar-refractivity contribution is 0.286. The summed E-state index contributed by atoms with van der Waals surface area (Å²) in [5.74, 6) is 0.546. The molecular weight excluding hydrogens is 246 g/mol. The fraction of sp³-hybridized carbons (Fsp3) is 0.500. The van der Waals surface area contributed by atoms with E-state index in [1.165, 1.54) is 25.0 Å². The van der Waals surface area contributed by atoms with Crippen LogP contribution < -0.4 is 5.32 Å². The number of fused-ring (bicyclic) bond motifs is 1. The number of nitrogens with one attached hydrogen (secondary N) is 1. The third-order valence-corrected chi connectivity index (χ3v) is 4.01. The predicted octanol–water partition coefficient (Wildman–Crippen LogP) is 3.23. The van der Waals surface area contributed by atoms with Crippen molar-refractivity contribution in [3.05, 3.63) is 35.2 Å². The molecule has 96 valence electrons. The molecule has 3 nitrogen and oxygen atoms in total. The minimum atomic E-state index is 0.546. The largest absolute Gasteiger partial charge is 0.314 e. The second-order valence-electron chi connectivity index (χ2n) is 5.04. The fourth-order valence-electron chi connectivity index (χ4n) is 2.71. The molecule has 0 aromatic carbocycles. The molecule has 0 saturated heterocycles. The first-order valence-electron chi connectivity index (χ1n) is 6.65. The van der Waals surface area contributed by atoms with E-state index in [1.54, 1.807) is 0 Å². The van der Waals surface area contributed by atoms with Crippen LogP contribution in [0, 0.1) is 0 Å². The highest BCUT2D eigenvalue weighted by Gasteiger charge is 2.33. The summed E-state index contributed by atoms with van der Waals surface area (Å²) in [5.41, 5.74) is 2.13. The Balaban J connectivity index is 1.78. The molecule has 0 radical (unpaired) electrons. The van der Waals surface area contributed by atoms with Gasteiger partial charge in [-0.05, 0) is 37.9 Å². The average Bonchev–Trinajstić information content (AvgIpc) is 2.64. The molecule has 0 unspecified atom stereocenters. The van der Waals surface area contributed by atoms with E-state index in [4.69, 9.17) is 11.6 Å². The first-order chi connectivity index (χ1) is 8.79. The van der Waals surface area contributed by atoms with Gasteiger partial charge in [-0.25, -0.2) is 4.98 Å². The van der Waals surface area contributed by atoms with Crippen molar-refractivity contribution < 1.29 is 0 Å². The zero-order valence-corrected chi connectivity index (χ0v) is 11.3. The molecule has 4 heteroatoms. The third kappa shape index (κ3) is 2.02. The molecule has 1 aliphatic rings. The smallest absolute Gasteiger partial charge is 0.151 e. The highest BCUT2D eigenvalue weighted by Crippen LogP contribution is 2.40. The summed E-state index contributed by atoms with van der Waals surface area (Å²) in [6.45, 7) is 3.31. The van der Waals surface area contributed by atoms with Crippen LogP contribution in [-0.4, -0.2) is 22.0 Å². The van der Waals surface area contributed by atoms with Crippen LogP contribution in [0.3, 0.4) is 0 Å². The van der Waals surface area contributed by atoms with Gasteiger partial charge in [-0.1, -0.05) is 24.6 Å². The van der Waals surface area contributed by atoms with Gasteiger partial charge in [0.2, 0.25) is 0 Å². The first kappa shape index (κ1) is 12.0. The molecule has 1 N–H and O–H groups in total. The molecule has 1 aliphatic carbocycles. The summed E-state index contributed by atoms with van der Waals surface area (Å²) in [5, 5.41) is 4.22. The first-order valence-corrected chi connectivity index (χ1v) is 7.03. The molecule has 0 aliphatic heterocycles. The van der Waals surface area contributed by atoms with Gasteiger partial charge in [0.05, 0.1) is 5.69 Å². The molecule has 2 heterocycles. The van der Waals surface area contributed by atoms with Crippen molar-refractivity contribution in [3.8, 4) is 0 Å². The van der Waals surface area contributed by atoms with Crippen LogP contribution in [-0.2, 0) is 0 Å². The van der Waals surface area contributed by atoms with E-state index in [2.05, 4.69) is 27.8 Å². The Morgan fingerprint density at radius 1 is 1.44 bits per heavy atom. The lowest BCUT2D eigenvalue weighted by atomic mass is 9.78. The molecule has 0 atom stereocenters. The molecular formula is C14H18ClN3. The number of aromatic nitrogens is 2. The normalized spacial score (nSPS) is 23.2. The van der Waals surface area contributed by atoms with Crippen LogP contribution in [0.15, 0.2) is 24.4 Å². The van der Waals surface area contributed by atoms with E-state index in [9.17, 15) is 0 Å². The van der Waals surface area contributed by atoms with Gasteiger partial charge >= 0.3 is 0 Å². The summed E-state index contributed by atoms with van der Waals surface area (Å²) in [4.78, 5) is 4.41. The Bertz CT molecular complexity index is 543. The molecule has 3 rings (SSSR count). The van der Waals surface area contributed by atoms with Crippen molar-refractivity contribution in [2.75, 3.05) is 6.54 Å². The molecule has 0 spiro atoms. The number of hydrogen-bond acceptors (Lipinski definition) is 2. The Morgan fingerprint density at radius 2 is 2.28 bits per heavy atom. The standard InChI is InChI=1S/C14H18ClN3/c1-2-6-16-11-8-10(9-11)13-14(15)17-12-5-3-4-7-18(12)13/h3-5,7,10-11,16H,2,6,8-9H2,1H3. The van der Waals surface area contributed by atoms with Crippen LogP contribution in [0.5, 0.6) is 0 Å². The zero-order valence-electron chi connectivity index (χ0n) is 10.6. The number of pyridine rings is 1. The van der Waals surface area contributed by atoms with Gasteiger partial charge < -0.3 is 9.72 Å². The maximum atomic E-state index is 6.27.